The van der Waals surface area contributed by atoms with Gasteiger partial charge in [-0.2, -0.15) is 5.11 Å². The molecule has 8 heteroatoms. The van der Waals surface area contributed by atoms with Crippen LogP contribution in [-0.4, -0.2) is 24.1 Å². The Morgan fingerprint density at radius 2 is 1.81 bits per heavy atom. The molecule has 0 amide bonds. The summed E-state index contributed by atoms with van der Waals surface area (Å²) < 4.78 is 0. The van der Waals surface area contributed by atoms with Gasteiger partial charge in [0.1, 0.15) is 17.1 Å². The van der Waals surface area contributed by atoms with E-state index in [9.17, 15) is 15.2 Å². The summed E-state index contributed by atoms with van der Waals surface area (Å²) in [4.78, 5) is 12.3. The molecule has 132 valence electrons. The van der Waals surface area contributed by atoms with Crippen LogP contribution in [0.5, 0.6) is 5.75 Å². The maximum absolute atomic E-state index is 11.0. The van der Waals surface area contributed by atoms with Gasteiger partial charge < -0.3 is 15.7 Å². The standard InChI is InChI=1S/C18H17N5O3/c1-22(2)13-6-3-11-4-8-17(24)18(14(11)10-13)21-20-12-5-7-15(19)16(9-12)23(25)26/h3-10,24H,19H2,1-2H3/b21-20+. The molecule has 0 unspecified atom stereocenters. The van der Waals surface area contributed by atoms with Crippen LogP contribution in [0.1, 0.15) is 0 Å². The van der Waals surface area contributed by atoms with E-state index in [1.165, 1.54) is 24.3 Å². The van der Waals surface area contributed by atoms with Crippen LogP contribution in [0.3, 0.4) is 0 Å². The van der Waals surface area contributed by atoms with Crippen molar-refractivity contribution in [2.45, 2.75) is 0 Å². The molecule has 0 fully saturated rings. The van der Waals surface area contributed by atoms with Crippen LogP contribution in [0.15, 0.2) is 58.8 Å². The zero-order valence-corrected chi connectivity index (χ0v) is 14.2. The lowest BCUT2D eigenvalue weighted by molar-refractivity contribution is -0.383. The van der Waals surface area contributed by atoms with Crippen molar-refractivity contribution >= 4 is 39.2 Å². The Balaban J connectivity index is 2.09. The second-order valence-electron chi connectivity index (χ2n) is 5.93. The highest BCUT2D eigenvalue weighted by molar-refractivity contribution is 5.97. The van der Waals surface area contributed by atoms with Crippen molar-refractivity contribution in [1.29, 1.82) is 0 Å². The number of hydrogen-bond donors (Lipinski definition) is 2. The maximum Gasteiger partial charge on any atom is 0.294 e. The minimum absolute atomic E-state index is 0.0258. The number of anilines is 2. The van der Waals surface area contributed by atoms with Crippen LogP contribution in [-0.2, 0) is 0 Å². The molecule has 0 heterocycles. The minimum atomic E-state index is -0.576. The summed E-state index contributed by atoms with van der Waals surface area (Å²) in [5, 5.41) is 31.0. The van der Waals surface area contributed by atoms with Gasteiger partial charge in [0.25, 0.3) is 5.69 Å². The number of nitrogens with zero attached hydrogens (tertiary/aromatic N) is 4. The largest absolute Gasteiger partial charge is 0.506 e. The molecule has 0 saturated heterocycles. The third kappa shape index (κ3) is 3.25. The van der Waals surface area contributed by atoms with E-state index in [0.29, 0.717) is 5.69 Å². The molecule has 3 rings (SSSR count). The number of nitrogens with two attached hydrogens (primary N) is 1. The van der Waals surface area contributed by atoms with Gasteiger partial charge in [-0.25, -0.2) is 0 Å². The van der Waals surface area contributed by atoms with Gasteiger partial charge in [0.15, 0.2) is 0 Å². The molecule has 0 radical (unpaired) electrons. The first-order chi connectivity index (χ1) is 12.4. The summed E-state index contributed by atoms with van der Waals surface area (Å²) in [6.45, 7) is 0. The van der Waals surface area contributed by atoms with Gasteiger partial charge in [-0.1, -0.05) is 12.1 Å². The summed E-state index contributed by atoms with van der Waals surface area (Å²) in [7, 11) is 3.83. The first-order valence-corrected chi connectivity index (χ1v) is 7.75. The Morgan fingerprint density at radius 1 is 1.08 bits per heavy atom. The van der Waals surface area contributed by atoms with E-state index in [1.54, 1.807) is 6.07 Å². The molecule has 0 atom stereocenters. The smallest absolute Gasteiger partial charge is 0.294 e. The van der Waals surface area contributed by atoms with Crippen LogP contribution < -0.4 is 10.6 Å². The monoisotopic (exact) mass is 351 g/mol. The average Bonchev–Trinajstić information content (AvgIpc) is 2.61. The number of phenols is 1. The lowest BCUT2D eigenvalue weighted by Gasteiger charge is -2.14. The van der Waals surface area contributed by atoms with Gasteiger partial charge in [-0.3, -0.25) is 10.1 Å². The van der Waals surface area contributed by atoms with Crippen LogP contribution in [0.2, 0.25) is 0 Å². The van der Waals surface area contributed by atoms with E-state index in [2.05, 4.69) is 10.2 Å². The van der Waals surface area contributed by atoms with Crippen molar-refractivity contribution in [3.05, 3.63) is 58.6 Å². The molecule has 3 N–H and O–H groups in total. The number of hydrogen-bond acceptors (Lipinski definition) is 7. The Labute approximate surface area is 149 Å². The molecule has 26 heavy (non-hydrogen) atoms. The fourth-order valence-electron chi connectivity index (χ4n) is 2.52. The fraction of sp³-hybridized carbons (Fsp3) is 0.111. The predicted molar refractivity (Wildman–Crippen MR) is 102 cm³/mol. The summed E-state index contributed by atoms with van der Waals surface area (Å²) in [5.74, 6) is -0.0258. The highest BCUT2D eigenvalue weighted by atomic mass is 16.6. The molecule has 8 nitrogen and oxygen atoms in total. The predicted octanol–water partition coefficient (Wildman–Crippen LogP) is 4.52. The number of benzene rings is 3. The van der Waals surface area contributed by atoms with Gasteiger partial charge in [0.2, 0.25) is 0 Å². The lowest BCUT2D eigenvalue weighted by Crippen LogP contribution is -2.07. The summed E-state index contributed by atoms with van der Waals surface area (Å²) >= 11 is 0. The SMILES string of the molecule is CN(C)c1ccc2ccc(O)c(/N=N/c3ccc(N)c([N+](=O)[O-])c3)c2c1. The van der Waals surface area contributed by atoms with Crippen LogP contribution in [0.4, 0.5) is 28.4 Å². The van der Waals surface area contributed by atoms with Crippen molar-refractivity contribution in [1.82, 2.24) is 0 Å². The molecule has 0 aliphatic heterocycles. The summed E-state index contributed by atoms with van der Waals surface area (Å²) in [6.07, 6.45) is 0. The van der Waals surface area contributed by atoms with Crippen molar-refractivity contribution in [3.63, 3.8) is 0 Å². The third-order valence-electron chi connectivity index (χ3n) is 3.95. The number of aromatic hydroxyl groups is 1. The number of fused-ring (bicyclic) bond motifs is 1. The van der Waals surface area contributed by atoms with Crippen molar-refractivity contribution in [2.75, 3.05) is 24.7 Å². The topological polar surface area (TPSA) is 117 Å². The number of azo groups is 1. The molecule has 3 aromatic rings. The van der Waals surface area contributed by atoms with Gasteiger partial charge in [0.05, 0.1) is 10.6 Å². The van der Waals surface area contributed by atoms with E-state index < -0.39 is 4.92 Å². The first-order valence-electron chi connectivity index (χ1n) is 7.75. The van der Waals surface area contributed by atoms with Crippen LogP contribution >= 0.6 is 0 Å². The quantitative estimate of drug-likeness (QED) is 0.310. The van der Waals surface area contributed by atoms with Gasteiger partial charge in [-0.05, 0) is 35.7 Å². The first kappa shape index (κ1) is 17.2. The Hall–Kier alpha value is -3.68. The minimum Gasteiger partial charge on any atom is -0.506 e. The number of nitrogen functional groups attached to an aromatic ring is 1. The van der Waals surface area contributed by atoms with Crippen LogP contribution in [0, 0.1) is 10.1 Å². The highest BCUT2D eigenvalue weighted by Crippen LogP contribution is 2.38. The molecule has 0 aliphatic rings. The molecular weight excluding hydrogens is 334 g/mol. The molecule has 0 bridgehead atoms. The molecule has 0 aromatic heterocycles. The van der Waals surface area contributed by atoms with Crippen molar-refractivity contribution < 1.29 is 10.0 Å². The fourth-order valence-corrected chi connectivity index (χ4v) is 2.52. The van der Waals surface area contributed by atoms with Crippen molar-refractivity contribution in [2.24, 2.45) is 10.2 Å². The van der Waals surface area contributed by atoms with E-state index >= 15 is 0 Å². The van der Waals surface area contributed by atoms with Crippen molar-refractivity contribution in [3.8, 4) is 5.75 Å². The molecule has 0 spiro atoms. The maximum atomic E-state index is 11.0. The Kier molecular flexibility index (Phi) is 4.40. The van der Waals surface area contributed by atoms with E-state index in [1.807, 2.05) is 37.2 Å². The van der Waals surface area contributed by atoms with Gasteiger partial charge >= 0.3 is 0 Å². The number of nitro benzene ring substituents is 1. The second kappa shape index (κ2) is 6.67. The highest BCUT2D eigenvalue weighted by Gasteiger charge is 2.12. The summed E-state index contributed by atoms with van der Waals surface area (Å²) in [6, 6.07) is 13.3. The normalized spacial score (nSPS) is 11.2. The van der Waals surface area contributed by atoms with E-state index in [-0.39, 0.29) is 22.8 Å². The number of rotatable bonds is 4. The second-order valence-corrected chi connectivity index (χ2v) is 5.93. The van der Waals surface area contributed by atoms with E-state index in [0.717, 1.165) is 16.5 Å². The molecule has 3 aromatic carbocycles. The Bertz CT molecular complexity index is 1030. The lowest BCUT2D eigenvalue weighted by atomic mass is 10.1. The third-order valence-corrected chi connectivity index (χ3v) is 3.95. The Morgan fingerprint density at radius 3 is 2.50 bits per heavy atom. The molecule has 0 saturated carbocycles. The average molecular weight is 351 g/mol. The molecular formula is C18H17N5O3. The van der Waals surface area contributed by atoms with Gasteiger partial charge in [0, 0.05) is 31.2 Å². The number of nitro groups is 1. The summed E-state index contributed by atoms with van der Waals surface area (Å²) in [5.41, 5.74) is 6.91. The zero-order chi connectivity index (χ0) is 18.8. The van der Waals surface area contributed by atoms with E-state index in [4.69, 9.17) is 5.73 Å². The molecule has 0 aliphatic carbocycles. The zero-order valence-electron chi connectivity index (χ0n) is 14.2. The van der Waals surface area contributed by atoms with Crippen LogP contribution in [0.25, 0.3) is 10.8 Å². The van der Waals surface area contributed by atoms with Gasteiger partial charge in [-0.15, -0.1) is 5.11 Å². The number of phenolic OH excluding ortho intramolecular Hbond substituents is 1.